The van der Waals surface area contributed by atoms with Crippen LogP contribution in [0.25, 0.3) is 0 Å². The van der Waals surface area contributed by atoms with Crippen LogP contribution in [-0.4, -0.2) is 11.7 Å². The van der Waals surface area contributed by atoms with E-state index in [1.807, 2.05) is 13.8 Å². The minimum absolute atomic E-state index is 0.921. The number of hydrogen-bond acceptors (Lipinski definition) is 3. The summed E-state index contributed by atoms with van der Waals surface area (Å²) in [6.07, 6.45) is 7.62. The second-order valence-corrected chi connectivity index (χ2v) is 7.53. The minimum atomic E-state index is 0.921. The van der Waals surface area contributed by atoms with E-state index in [4.69, 9.17) is 4.52 Å². The van der Waals surface area contributed by atoms with Gasteiger partial charge in [-0.2, -0.15) is 0 Å². The van der Waals surface area contributed by atoms with Crippen LogP contribution in [0.5, 0.6) is 0 Å². The maximum Gasteiger partial charge on any atom is 0.138 e. The Bertz CT molecular complexity index is 446. The van der Waals surface area contributed by atoms with Crippen molar-refractivity contribution in [2.75, 3.05) is 6.54 Å². The van der Waals surface area contributed by atoms with Gasteiger partial charge >= 0.3 is 0 Å². The lowest BCUT2D eigenvalue weighted by Crippen LogP contribution is -2.48. The van der Waals surface area contributed by atoms with Crippen LogP contribution in [0.1, 0.15) is 49.1 Å². The molecule has 0 spiro atoms. The number of rotatable bonds is 4. The molecule has 4 fully saturated rings. The van der Waals surface area contributed by atoms with Crippen molar-refractivity contribution in [3.05, 3.63) is 17.0 Å². The van der Waals surface area contributed by atoms with Gasteiger partial charge in [0.2, 0.25) is 0 Å². The fourth-order valence-corrected chi connectivity index (χ4v) is 5.49. The Morgan fingerprint density at radius 1 is 1.05 bits per heavy atom. The predicted molar refractivity (Wildman–Crippen MR) is 78.2 cm³/mol. The molecule has 4 aliphatic rings. The van der Waals surface area contributed by atoms with E-state index in [1.165, 1.54) is 37.8 Å². The molecule has 1 heterocycles. The number of hydrogen-bond donors (Lipinski definition) is 1. The quantitative estimate of drug-likeness (QED) is 0.914. The van der Waals surface area contributed by atoms with Crippen LogP contribution >= 0.6 is 0 Å². The van der Waals surface area contributed by atoms with E-state index in [-0.39, 0.29) is 0 Å². The molecule has 1 aromatic rings. The maximum absolute atomic E-state index is 5.24. The largest absolute Gasteiger partial charge is 0.361 e. The third-order valence-electron chi connectivity index (χ3n) is 6.29. The first-order valence-corrected chi connectivity index (χ1v) is 8.33. The summed E-state index contributed by atoms with van der Waals surface area (Å²) in [6, 6.07) is 0. The summed E-state index contributed by atoms with van der Waals surface area (Å²) in [4.78, 5) is 0. The molecular formula is C17H26N2O. The summed E-state index contributed by atoms with van der Waals surface area (Å²) in [7, 11) is 0. The molecule has 4 saturated carbocycles. The molecule has 1 aromatic heterocycles. The van der Waals surface area contributed by atoms with Crippen molar-refractivity contribution < 1.29 is 4.52 Å². The molecule has 1 N–H and O–H groups in total. The average molecular weight is 274 g/mol. The molecule has 0 radical (unpaired) electrons. The predicted octanol–water partition coefficient (Wildman–Crippen LogP) is 3.45. The molecule has 0 amide bonds. The van der Waals surface area contributed by atoms with E-state index in [1.54, 1.807) is 6.42 Å². The minimum Gasteiger partial charge on any atom is -0.361 e. The van der Waals surface area contributed by atoms with E-state index < -0.39 is 0 Å². The highest BCUT2D eigenvalue weighted by Gasteiger charge is 2.47. The van der Waals surface area contributed by atoms with Crippen molar-refractivity contribution in [2.24, 2.45) is 29.6 Å². The summed E-state index contributed by atoms with van der Waals surface area (Å²) < 4.78 is 5.24. The molecule has 3 heteroatoms. The molecule has 4 aliphatic carbocycles. The lowest BCUT2D eigenvalue weighted by Gasteiger charge is -2.54. The first-order valence-electron chi connectivity index (χ1n) is 8.33. The van der Waals surface area contributed by atoms with Crippen LogP contribution in [-0.2, 0) is 6.54 Å². The average Bonchev–Trinajstić information content (AvgIpc) is 2.72. The van der Waals surface area contributed by atoms with E-state index >= 15 is 0 Å². The lowest BCUT2D eigenvalue weighted by molar-refractivity contribution is -0.0355. The van der Waals surface area contributed by atoms with Crippen molar-refractivity contribution in [2.45, 2.75) is 52.5 Å². The smallest absolute Gasteiger partial charge is 0.138 e. The van der Waals surface area contributed by atoms with Crippen LogP contribution in [0.2, 0.25) is 0 Å². The topological polar surface area (TPSA) is 38.1 Å². The van der Waals surface area contributed by atoms with Gasteiger partial charge in [-0.05, 0) is 82.1 Å². The third-order valence-corrected chi connectivity index (χ3v) is 6.29. The van der Waals surface area contributed by atoms with Gasteiger partial charge in [-0.25, -0.2) is 0 Å². The molecule has 3 nitrogen and oxygen atoms in total. The Labute approximate surface area is 121 Å². The van der Waals surface area contributed by atoms with Crippen LogP contribution in [0.4, 0.5) is 0 Å². The summed E-state index contributed by atoms with van der Waals surface area (Å²) in [6.45, 7) is 6.17. The summed E-state index contributed by atoms with van der Waals surface area (Å²) in [5, 5.41) is 7.74. The third kappa shape index (κ3) is 2.11. The number of nitrogens with zero attached hydrogens (tertiary/aromatic N) is 1. The van der Waals surface area contributed by atoms with E-state index in [9.17, 15) is 0 Å². The summed E-state index contributed by atoms with van der Waals surface area (Å²) >= 11 is 0. The van der Waals surface area contributed by atoms with Gasteiger partial charge < -0.3 is 9.84 Å². The molecule has 0 saturated heterocycles. The highest BCUT2D eigenvalue weighted by molar-refractivity contribution is 5.20. The van der Waals surface area contributed by atoms with Gasteiger partial charge in [-0.3, -0.25) is 0 Å². The van der Waals surface area contributed by atoms with E-state index in [0.29, 0.717) is 0 Å². The zero-order valence-electron chi connectivity index (χ0n) is 12.7. The lowest BCUT2D eigenvalue weighted by atomic mass is 9.52. The standard InChI is InChI=1S/C17H26N2O/c1-10-16(11(2)20-19-10)8-18-9-17-14-4-12-3-13(6-14)7-15(17)5-12/h12-15,17-18H,3-9H2,1-2H3. The molecule has 0 aromatic carbocycles. The van der Waals surface area contributed by atoms with Crippen molar-refractivity contribution in [3.8, 4) is 0 Å². The van der Waals surface area contributed by atoms with Crippen molar-refractivity contribution in [3.63, 3.8) is 0 Å². The fraction of sp³-hybridized carbons (Fsp3) is 0.824. The van der Waals surface area contributed by atoms with Crippen molar-refractivity contribution in [1.29, 1.82) is 0 Å². The van der Waals surface area contributed by atoms with Crippen LogP contribution in [0.3, 0.4) is 0 Å². The Morgan fingerprint density at radius 3 is 2.25 bits per heavy atom. The molecule has 5 rings (SSSR count). The van der Waals surface area contributed by atoms with Gasteiger partial charge in [0.25, 0.3) is 0 Å². The van der Waals surface area contributed by atoms with Gasteiger partial charge in [0.05, 0.1) is 5.69 Å². The normalized spacial score (nSPS) is 38.6. The molecule has 0 atom stereocenters. The van der Waals surface area contributed by atoms with Crippen LogP contribution < -0.4 is 5.32 Å². The number of nitrogens with one attached hydrogen (secondary N) is 1. The Hall–Kier alpha value is -0.830. The zero-order valence-corrected chi connectivity index (χ0v) is 12.7. The van der Waals surface area contributed by atoms with Crippen molar-refractivity contribution >= 4 is 0 Å². The SMILES string of the molecule is Cc1noc(C)c1CNCC1C2CC3CC(C2)CC1C3. The van der Waals surface area contributed by atoms with Gasteiger partial charge in [0, 0.05) is 12.1 Å². The van der Waals surface area contributed by atoms with E-state index in [2.05, 4.69) is 10.5 Å². The number of aromatic nitrogens is 1. The molecule has 4 bridgehead atoms. The Balaban J connectivity index is 1.36. The molecule has 20 heavy (non-hydrogen) atoms. The monoisotopic (exact) mass is 274 g/mol. The zero-order chi connectivity index (χ0) is 13.7. The van der Waals surface area contributed by atoms with Gasteiger partial charge in [-0.15, -0.1) is 0 Å². The fourth-order valence-electron chi connectivity index (χ4n) is 5.49. The van der Waals surface area contributed by atoms with Crippen LogP contribution in [0.15, 0.2) is 4.52 Å². The summed E-state index contributed by atoms with van der Waals surface area (Å²) in [5.74, 6) is 6.10. The highest BCUT2D eigenvalue weighted by atomic mass is 16.5. The van der Waals surface area contributed by atoms with Gasteiger partial charge in [0.1, 0.15) is 5.76 Å². The first kappa shape index (κ1) is 12.9. The van der Waals surface area contributed by atoms with Crippen molar-refractivity contribution in [1.82, 2.24) is 10.5 Å². The molecule has 0 unspecified atom stereocenters. The van der Waals surface area contributed by atoms with Gasteiger partial charge in [-0.1, -0.05) is 5.16 Å². The van der Waals surface area contributed by atoms with E-state index in [0.717, 1.165) is 47.6 Å². The Kier molecular flexibility index (Phi) is 3.13. The molecule has 110 valence electrons. The van der Waals surface area contributed by atoms with Crippen LogP contribution in [0, 0.1) is 43.4 Å². The number of aryl methyl sites for hydroxylation is 2. The maximum atomic E-state index is 5.24. The second-order valence-electron chi connectivity index (χ2n) is 7.53. The molecular weight excluding hydrogens is 248 g/mol. The first-order chi connectivity index (χ1) is 9.70. The summed E-state index contributed by atoms with van der Waals surface area (Å²) in [5.41, 5.74) is 2.30. The molecule has 0 aliphatic heterocycles. The van der Waals surface area contributed by atoms with Gasteiger partial charge in [0.15, 0.2) is 0 Å². The Morgan fingerprint density at radius 2 is 1.70 bits per heavy atom. The second kappa shape index (κ2) is 4.87. The highest BCUT2D eigenvalue weighted by Crippen LogP contribution is 2.56.